The first-order chi connectivity index (χ1) is 18.3. The molecule has 0 bridgehead atoms. The largest absolute Gasteiger partial charge is 0.496 e. The summed E-state index contributed by atoms with van der Waals surface area (Å²) in [5.41, 5.74) is 11.2. The smallest absolute Gasteiger partial charge is 0.222 e. The van der Waals surface area contributed by atoms with Gasteiger partial charge in [0.1, 0.15) is 16.8 Å². The molecule has 2 fully saturated rings. The van der Waals surface area contributed by atoms with Crippen LogP contribution in [-0.2, 0) is 13.1 Å². The molecule has 1 spiro atoms. The lowest BCUT2D eigenvalue weighted by atomic mass is 9.61. The number of hydrogen-bond donors (Lipinski definition) is 4. The molecule has 3 aromatic rings. The zero-order valence-corrected chi connectivity index (χ0v) is 23.1. The van der Waals surface area contributed by atoms with Crippen LogP contribution in [0.15, 0.2) is 18.2 Å². The number of rotatable bonds is 12. The Bertz CT molecular complexity index is 1260. The predicted molar refractivity (Wildman–Crippen MR) is 150 cm³/mol. The highest BCUT2D eigenvalue weighted by atomic mass is 16.5. The molecule has 5 rings (SSSR count). The number of aryl methyl sites for hydroxylation is 1. The van der Waals surface area contributed by atoms with Crippen LogP contribution in [-0.4, -0.2) is 75.7 Å². The Hall–Kier alpha value is -2.95. The number of hydrogen-bond acceptors (Lipinski definition) is 9. The molecule has 0 amide bonds. The highest BCUT2D eigenvalue weighted by Crippen LogP contribution is 2.47. The molecule has 2 aromatic heterocycles. The van der Waals surface area contributed by atoms with Gasteiger partial charge in [-0.05, 0) is 56.7 Å². The van der Waals surface area contributed by atoms with Crippen molar-refractivity contribution in [2.75, 3.05) is 44.9 Å². The maximum Gasteiger partial charge on any atom is 0.222 e. The monoisotopic (exact) mass is 522 g/mol. The standard InChI is InChI=1S/C28H42N8O2/c1-5-6-21(9-10-37)31-26-25-24(32-27(29)33-26)18(2)34-36(25)15-20-8-7-19(11-23(20)38-4)14-30-22-12-28(13-22)16-35(3)17-28/h7-8,11,21-22,30,37H,5-6,9-10,12-17H2,1-4H3,(H3,29,31,32,33)/t21-/m0/s1. The number of nitrogens with zero attached hydrogens (tertiary/aromatic N) is 5. The maximum absolute atomic E-state index is 9.54. The van der Waals surface area contributed by atoms with E-state index in [9.17, 15) is 5.11 Å². The Morgan fingerprint density at radius 2 is 2.03 bits per heavy atom. The van der Waals surface area contributed by atoms with Crippen LogP contribution in [0.25, 0.3) is 11.0 Å². The summed E-state index contributed by atoms with van der Waals surface area (Å²) in [5, 5.41) is 21.6. The van der Waals surface area contributed by atoms with Gasteiger partial charge in [0.2, 0.25) is 5.95 Å². The third-order valence-electron chi connectivity index (χ3n) is 8.06. The molecule has 0 radical (unpaired) electrons. The number of fused-ring (bicyclic) bond motifs is 1. The predicted octanol–water partition coefficient (Wildman–Crippen LogP) is 2.92. The van der Waals surface area contributed by atoms with Gasteiger partial charge in [-0.1, -0.05) is 25.5 Å². The van der Waals surface area contributed by atoms with Gasteiger partial charge in [0.25, 0.3) is 0 Å². The fourth-order valence-electron chi connectivity index (χ4n) is 6.39. The molecule has 3 heterocycles. The van der Waals surface area contributed by atoms with E-state index < -0.39 is 0 Å². The second kappa shape index (κ2) is 11.0. The lowest BCUT2D eigenvalue weighted by Gasteiger charge is -2.58. The molecule has 10 heteroatoms. The summed E-state index contributed by atoms with van der Waals surface area (Å²) in [6, 6.07) is 7.11. The Labute approximate surface area is 225 Å². The minimum Gasteiger partial charge on any atom is -0.496 e. The number of nitrogen functional groups attached to an aromatic ring is 1. The average molecular weight is 523 g/mol. The van der Waals surface area contributed by atoms with E-state index in [4.69, 9.17) is 15.6 Å². The highest BCUT2D eigenvalue weighted by molar-refractivity contribution is 5.88. The van der Waals surface area contributed by atoms with E-state index in [0.717, 1.165) is 47.4 Å². The summed E-state index contributed by atoms with van der Waals surface area (Å²) in [6.07, 6.45) is 5.10. The Morgan fingerprint density at radius 1 is 1.24 bits per heavy atom. The van der Waals surface area contributed by atoms with E-state index in [1.54, 1.807) is 7.11 Å². The molecule has 1 aliphatic carbocycles. The third-order valence-corrected chi connectivity index (χ3v) is 8.06. The number of benzene rings is 1. The number of aromatic nitrogens is 4. The van der Waals surface area contributed by atoms with Gasteiger partial charge in [-0.2, -0.15) is 10.1 Å². The molecule has 1 saturated heterocycles. The molecule has 2 aliphatic rings. The van der Waals surface area contributed by atoms with Gasteiger partial charge in [0.05, 0.1) is 19.3 Å². The molecular formula is C28H42N8O2. The maximum atomic E-state index is 9.54. The van der Waals surface area contributed by atoms with Crippen LogP contribution in [0.2, 0.25) is 0 Å². The van der Waals surface area contributed by atoms with Crippen molar-refractivity contribution in [2.45, 2.75) is 71.1 Å². The summed E-state index contributed by atoms with van der Waals surface area (Å²) in [6.45, 7) is 8.01. The molecular weight excluding hydrogens is 480 g/mol. The summed E-state index contributed by atoms with van der Waals surface area (Å²) < 4.78 is 7.73. The highest BCUT2D eigenvalue weighted by Gasteiger charge is 2.50. The molecule has 5 N–H and O–H groups in total. The van der Waals surface area contributed by atoms with E-state index in [2.05, 4.69) is 57.7 Å². The first kappa shape index (κ1) is 26.6. The van der Waals surface area contributed by atoms with Gasteiger partial charge in [0.15, 0.2) is 5.82 Å². The first-order valence-corrected chi connectivity index (χ1v) is 13.8. The van der Waals surface area contributed by atoms with Crippen molar-refractivity contribution < 1.29 is 9.84 Å². The fourth-order valence-corrected chi connectivity index (χ4v) is 6.39. The third kappa shape index (κ3) is 5.43. The zero-order valence-electron chi connectivity index (χ0n) is 23.1. The number of anilines is 2. The fraction of sp³-hybridized carbons (Fsp3) is 0.607. The van der Waals surface area contributed by atoms with E-state index in [0.29, 0.717) is 30.2 Å². The summed E-state index contributed by atoms with van der Waals surface area (Å²) in [7, 11) is 3.92. The van der Waals surface area contributed by atoms with Crippen LogP contribution in [0.4, 0.5) is 11.8 Å². The number of aliphatic hydroxyl groups is 1. The van der Waals surface area contributed by atoms with Crippen LogP contribution in [0.1, 0.15) is 55.8 Å². The van der Waals surface area contributed by atoms with Crippen molar-refractivity contribution in [3.63, 3.8) is 0 Å². The molecule has 10 nitrogen and oxygen atoms in total. The number of aliphatic hydroxyl groups excluding tert-OH is 1. The van der Waals surface area contributed by atoms with Gasteiger partial charge in [-0.15, -0.1) is 0 Å². The molecule has 206 valence electrons. The van der Waals surface area contributed by atoms with Crippen molar-refractivity contribution in [3.05, 3.63) is 35.0 Å². The van der Waals surface area contributed by atoms with Gasteiger partial charge in [-0.3, -0.25) is 4.68 Å². The van der Waals surface area contributed by atoms with Crippen LogP contribution in [0.3, 0.4) is 0 Å². The number of nitrogens with one attached hydrogen (secondary N) is 2. The Balaban J connectivity index is 1.33. The number of likely N-dealkylation sites (tertiary alicyclic amines) is 1. The summed E-state index contributed by atoms with van der Waals surface area (Å²) in [5.74, 6) is 1.69. The molecule has 1 atom stereocenters. The normalized spacial score (nSPS) is 17.9. The number of ether oxygens (including phenoxy) is 1. The van der Waals surface area contributed by atoms with Crippen LogP contribution in [0, 0.1) is 12.3 Å². The summed E-state index contributed by atoms with van der Waals surface area (Å²) in [4.78, 5) is 11.4. The van der Waals surface area contributed by atoms with Crippen molar-refractivity contribution in [2.24, 2.45) is 5.41 Å². The minimum atomic E-state index is 0.0863. The summed E-state index contributed by atoms with van der Waals surface area (Å²) >= 11 is 0. The molecule has 38 heavy (non-hydrogen) atoms. The minimum absolute atomic E-state index is 0.0863. The van der Waals surface area contributed by atoms with Crippen molar-refractivity contribution in [1.82, 2.24) is 30.0 Å². The van der Waals surface area contributed by atoms with Gasteiger partial charge < -0.3 is 31.1 Å². The second-order valence-corrected chi connectivity index (χ2v) is 11.3. The van der Waals surface area contributed by atoms with Crippen LogP contribution < -0.4 is 21.1 Å². The van der Waals surface area contributed by atoms with Crippen molar-refractivity contribution >= 4 is 22.8 Å². The van der Waals surface area contributed by atoms with E-state index >= 15 is 0 Å². The van der Waals surface area contributed by atoms with E-state index in [1.165, 1.54) is 31.5 Å². The van der Waals surface area contributed by atoms with Crippen LogP contribution >= 0.6 is 0 Å². The molecule has 1 aromatic carbocycles. The Kier molecular flexibility index (Phi) is 7.74. The zero-order chi connectivity index (χ0) is 26.9. The second-order valence-electron chi connectivity index (χ2n) is 11.3. The lowest BCUT2D eigenvalue weighted by molar-refractivity contribution is -0.0651. The SMILES string of the molecule is CCC[C@@H](CCO)Nc1nc(N)nc2c(C)nn(Cc3ccc(CNC4CC5(C4)CN(C)C5)cc3OC)c12. The number of methoxy groups -OCH3 is 1. The first-order valence-electron chi connectivity index (χ1n) is 13.8. The lowest BCUT2D eigenvalue weighted by Crippen LogP contribution is -2.64. The Morgan fingerprint density at radius 3 is 2.71 bits per heavy atom. The van der Waals surface area contributed by atoms with Gasteiger partial charge in [0, 0.05) is 43.9 Å². The quantitative estimate of drug-likeness (QED) is 0.284. The molecule has 1 saturated carbocycles. The van der Waals surface area contributed by atoms with E-state index in [1.807, 2.05) is 11.6 Å². The van der Waals surface area contributed by atoms with Crippen LogP contribution in [0.5, 0.6) is 5.75 Å². The van der Waals surface area contributed by atoms with E-state index in [-0.39, 0.29) is 18.6 Å². The van der Waals surface area contributed by atoms with Crippen molar-refractivity contribution in [3.8, 4) is 5.75 Å². The average Bonchev–Trinajstić information content (AvgIpc) is 3.15. The molecule has 0 unspecified atom stereocenters. The van der Waals surface area contributed by atoms with Crippen molar-refractivity contribution in [1.29, 1.82) is 0 Å². The van der Waals surface area contributed by atoms with Gasteiger partial charge in [-0.25, -0.2) is 4.98 Å². The topological polar surface area (TPSA) is 126 Å². The number of nitrogens with two attached hydrogens (primary N) is 1. The molecule has 1 aliphatic heterocycles. The van der Waals surface area contributed by atoms with Gasteiger partial charge >= 0.3 is 0 Å².